The van der Waals surface area contributed by atoms with Crippen molar-refractivity contribution in [1.29, 1.82) is 0 Å². The number of hydrogen-bond donors (Lipinski definition) is 3. The first kappa shape index (κ1) is 22.3. The van der Waals surface area contributed by atoms with E-state index >= 15 is 0 Å². The molecule has 0 spiro atoms. The standard InChI is InChI=1S/C23H29ClN4O2/c1-18-3-9-21(10-4-18)25-22(29)16-26(2)23(30)17-28-13-11-27(12-14-28)15-19-5-7-20(24)8-6-19/h3-10H,11-17H2,1-2H3,(H,25,29)/p+2. The van der Waals surface area contributed by atoms with Crippen molar-refractivity contribution in [3.8, 4) is 0 Å². The number of hydrogen-bond acceptors (Lipinski definition) is 2. The highest BCUT2D eigenvalue weighted by atomic mass is 35.5. The Bertz CT molecular complexity index is 847. The molecule has 0 bridgehead atoms. The molecule has 1 heterocycles. The topological polar surface area (TPSA) is 58.3 Å². The lowest BCUT2D eigenvalue weighted by Crippen LogP contribution is -3.28. The van der Waals surface area contributed by atoms with Crippen molar-refractivity contribution < 1.29 is 19.4 Å². The normalized spacial score (nSPS) is 18.6. The number of aryl methyl sites for hydroxylation is 1. The molecule has 3 N–H and O–H groups in total. The van der Waals surface area contributed by atoms with Crippen LogP contribution in [0.25, 0.3) is 0 Å². The number of carbonyl (C=O) groups is 2. The molecule has 7 heteroatoms. The highest BCUT2D eigenvalue weighted by Gasteiger charge is 2.26. The van der Waals surface area contributed by atoms with E-state index < -0.39 is 0 Å². The number of rotatable bonds is 7. The summed E-state index contributed by atoms with van der Waals surface area (Å²) in [5, 5.41) is 3.60. The minimum absolute atomic E-state index is 0.00482. The summed E-state index contributed by atoms with van der Waals surface area (Å²) in [5.74, 6) is -0.174. The predicted molar refractivity (Wildman–Crippen MR) is 119 cm³/mol. The SMILES string of the molecule is Cc1ccc(NC(=O)CN(C)C(=O)C[NH+]2CC[NH+](Cc3ccc(Cl)cc3)CC2)cc1. The molecule has 0 saturated carbocycles. The van der Waals surface area contributed by atoms with Crippen LogP contribution < -0.4 is 15.1 Å². The lowest BCUT2D eigenvalue weighted by atomic mass is 10.2. The number of benzene rings is 2. The van der Waals surface area contributed by atoms with E-state index in [0.29, 0.717) is 6.54 Å². The molecule has 0 atom stereocenters. The maximum atomic E-state index is 12.6. The van der Waals surface area contributed by atoms with E-state index in [-0.39, 0.29) is 18.4 Å². The number of anilines is 1. The molecule has 0 radical (unpaired) electrons. The number of carbonyl (C=O) groups excluding carboxylic acids is 2. The first-order chi connectivity index (χ1) is 14.4. The van der Waals surface area contributed by atoms with Crippen molar-refractivity contribution >= 4 is 29.1 Å². The summed E-state index contributed by atoms with van der Waals surface area (Å²) in [6.45, 7) is 7.45. The second-order valence-electron chi connectivity index (χ2n) is 8.14. The Hall–Kier alpha value is -2.41. The minimum atomic E-state index is -0.179. The van der Waals surface area contributed by atoms with Gasteiger partial charge in [0, 0.05) is 23.3 Å². The maximum absolute atomic E-state index is 12.6. The Morgan fingerprint density at radius 3 is 2.20 bits per heavy atom. The third-order valence-corrected chi connectivity index (χ3v) is 5.83. The molecular formula is C23H31ClN4O2+2. The summed E-state index contributed by atoms with van der Waals surface area (Å²) < 4.78 is 0. The smallest absolute Gasteiger partial charge is 0.277 e. The van der Waals surface area contributed by atoms with E-state index in [9.17, 15) is 9.59 Å². The van der Waals surface area contributed by atoms with E-state index in [0.717, 1.165) is 49.0 Å². The molecule has 0 aliphatic carbocycles. The van der Waals surface area contributed by atoms with E-state index in [4.69, 9.17) is 11.6 Å². The number of amides is 2. The third kappa shape index (κ3) is 6.83. The van der Waals surface area contributed by atoms with Gasteiger partial charge >= 0.3 is 0 Å². The molecular weight excluding hydrogens is 400 g/mol. The summed E-state index contributed by atoms with van der Waals surface area (Å²) >= 11 is 5.95. The van der Waals surface area contributed by atoms with E-state index in [1.54, 1.807) is 7.05 Å². The van der Waals surface area contributed by atoms with Crippen LogP contribution in [-0.2, 0) is 16.1 Å². The van der Waals surface area contributed by atoms with Crippen molar-refractivity contribution in [2.24, 2.45) is 0 Å². The lowest BCUT2D eigenvalue weighted by Gasteiger charge is -2.30. The first-order valence-electron chi connectivity index (χ1n) is 10.4. The summed E-state index contributed by atoms with van der Waals surface area (Å²) in [5.41, 5.74) is 3.17. The van der Waals surface area contributed by atoms with Gasteiger partial charge in [0.25, 0.3) is 5.91 Å². The van der Waals surface area contributed by atoms with Crippen molar-refractivity contribution in [2.75, 3.05) is 51.6 Å². The number of nitrogens with zero attached hydrogens (tertiary/aromatic N) is 1. The van der Waals surface area contributed by atoms with Crippen molar-refractivity contribution in [1.82, 2.24) is 4.90 Å². The maximum Gasteiger partial charge on any atom is 0.277 e. The predicted octanol–water partition coefficient (Wildman–Crippen LogP) is 0.0289. The fraction of sp³-hybridized carbons (Fsp3) is 0.391. The van der Waals surface area contributed by atoms with E-state index in [1.807, 2.05) is 43.3 Å². The van der Waals surface area contributed by atoms with E-state index in [1.165, 1.54) is 20.3 Å². The van der Waals surface area contributed by atoms with Gasteiger partial charge in [-0.2, -0.15) is 0 Å². The molecule has 1 fully saturated rings. The first-order valence-corrected chi connectivity index (χ1v) is 10.8. The van der Waals surface area contributed by atoms with Crippen LogP contribution in [0.4, 0.5) is 5.69 Å². The van der Waals surface area contributed by atoms with Crippen LogP contribution in [0.15, 0.2) is 48.5 Å². The monoisotopic (exact) mass is 430 g/mol. The van der Waals surface area contributed by atoms with Gasteiger partial charge in [-0.1, -0.05) is 41.4 Å². The van der Waals surface area contributed by atoms with E-state index in [2.05, 4.69) is 17.4 Å². The molecule has 2 aromatic rings. The lowest BCUT2D eigenvalue weighted by molar-refractivity contribution is -1.02. The molecule has 6 nitrogen and oxygen atoms in total. The molecule has 160 valence electrons. The molecule has 0 aromatic heterocycles. The van der Waals surface area contributed by atoms with Gasteiger partial charge in [0.1, 0.15) is 32.7 Å². The Kier molecular flexibility index (Phi) is 7.85. The fourth-order valence-electron chi connectivity index (χ4n) is 3.69. The third-order valence-electron chi connectivity index (χ3n) is 5.57. The Morgan fingerprint density at radius 2 is 1.57 bits per heavy atom. The zero-order chi connectivity index (χ0) is 21.5. The fourth-order valence-corrected chi connectivity index (χ4v) is 3.82. The highest BCUT2D eigenvalue weighted by molar-refractivity contribution is 6.30. The Labute approximate surface area is 183 Å². The van der Waals surface area contributed by atoms with Crippen LogP contribution >= 0.6 is 11.6 Å². The van der Waals surface area contributed by atoms with Crippen LogP contribution in [0, 0.1) is 6.92 Å². The summed E-state index contributed by atoms with van der Waals surface area (Å²) in [6.07, 6.45) is 0. The number of likely N-dealkylation sites (N-methyl/N-ethyl adjacent to an activating group) is 1. The van der Waals surface area contributed by atoms with Crippen LogP contribution in [0.5, 0.6) is 0 Å². The molecule has 1 saturated heterocycles. The van der Waals surface area contributed by atoms with Gasteiger partial charge in [0.2, 0.25) is 5.91 Å². The van der Waals surface area contributed by atoms with Crippen LogP contribution in [0.2, 0.25) is 5.02 Å². The van der Waals surface area contributed by atoms with Gasteiger partial charge in [-0.3, -0.25) is 9.59 Å². The minimum Gasteiger partial charge on any atom is -0.332 e. The van der Waals surface area contributed by atoms with Gasteiger partial charge < -0.3 is 20.0 Å². The van der Waals surface area contributed by atoms with Crippen molar-refractivity contribution in [2.45, 2.75) is 13.5 Å². The average molecular weight is 431 g/mol. The quantitative estimate of drug-likeness (QED) is 0.580. The molecule has 1 aliphatic heterocycles. The van der Waals surface area contributed by atoms with Gasteiger partial charge in [-0.05, 0) is 31.2 Å². The van der Waals surface area contributed by atoms with Crippen molar-refractivity contribution in [3.63, 3.8) is 0 Å². The molecule has 2 amide bonds. The van der Waals surface area contributed by atoms with Crippen molar-refractivity contribution in [3.05, 3.63) is 64.7 Å². The Balaban J connectivity index is 1.38. The zero-order valence-electron chi connectivity index (χ0n) is 17.7. The van der Waals surface area contributed by atoms with Gasteiger partial charge in [0.05, 0.1) is 6.54 Å². The highest BCUT2D eigenvalue weighted by Crippen LogP contribution is 2.09. The van der Waals surface area contributed by atoms with Gasteiger partial charge in [-0.25, -0.2) is 0 Å². The number of halogens is 1. The second-order valence-corrected chi connectivity index (χ2v) is 8.58. The largest absolute Gasteiger partial charge is 0.332 e. The van der Waals surface area contributed by atoms with Gasteiger partial charge in [0.15, 0.2) is 6.54 Å². The molecule has 30 heavy (non-hydrogen) atoms. The molecule has 1 aliphatic rings. The molecule has 2 aromatic carbocycles. The summed E-state index contributed by atoms with van der Waals surface area (Å²) in [7, 11) is 1.69. The molecule has 3 rings (SSSR count). The zero-order valence-corrected chi connectivity index (χ0v) is 18.5. The summed E-state index contributed by atoms with van der Waals surface area (Å²) in [6, 6.07) is 15.6. The Morgan fingerprint density at radius 1 is 0.967 bits per heavy atom. The van der Waals surface area contributed by atoms with Crippen LogP contribution in [0.3, 0.4) is 0 Å². The average Bonchev–Trinajstić information content (AvgIpc) is 2.72. The summed E-state index contributed by atoms with van der Waals surface area (Å²) in [4.78, 5) is 29.1. The molecule has 0 unspecified atom stereocenters. The number of piperazine rings is 1. The van der Waals surface area contributed by atoms with Gasteiger partial charge in [-0.15, -0.1) is 0 Å². The second kappa shape index (κ2) is 10.6. The van der Waals surface area contributed by atoms with Crippen LogP contribution in [-0.4, -0.2) is 63.0 Å². The van der Waals surface area contributed by atoms with Crippen LogP contribution in [0.1, 0.15) is 11.1 Å². The number of nitrogens with one attached hydrogen (secondary N) is 3. The number of quaternary nitrogens is 2.